The van der Waals surface area contributed by atoms with Crippen LogP contribution in [0.3, 0.4) is 0 Å². The van der Waals surface area contributed by atoms with Crippen molar-refractivity contribution >= 4 is 11.6 Å². The van der Waals surface area contributed by atoms with Gasteiger partial charge in [-0.05, 0) is 31.7 Å². The highest BCUT2D eigenvalue weighted by Gasteiger charge is 2.07. The number of nitrogens with one attached hydrogen (secondary N) is 1. The van der Waals surface area contributed by atoms with E-state index in [2.05, 4.69) is 17.3 Å². The number of aromatic nitrogens is 2. The van der Waals surface area contributed by atoms with Gasteiger partial charge in [0.25, 0.3) is 0 Å². The Balaban J connectivity index is 2.16. The molecule has 0 amide bonds. The van der Waals surface area contributed by atoms with Crippen molar-refractivity contribution in [3.05, 3.63) is 41.2 Å². The highest BCUT2D eigenvalue weighted by molar-refractivity contribution is 6.30. The summed E-state index contributed by atoms with van der Waals surface area (Å²) < 4.78 is 7.74. The number of halogens is 1. The number of nitrogens with zero attached hydrogens (tertiary/aromatic N) is 2. The van der Waals surface area contributed by atoms with Gasteiger partial charge in [0.05, 0.1) is 12.4 Å². The van der Waals surface area contributed by atoms with Gasteiger partial charge in [-0.2, -0.15) is 5.10 Å². The van der Waals surface area contributed by atoms with Crippen LogP contribution < -0.4 is 10.1 Å². The van der Waals surface area contributed by atoms with Gasteiger partial charge in [-0.25, -0.2) is 0 Å². The molecule has 1 aromatic carbocycles. The molecule has 1 N–H and O–H groups in total. The van der Waals surface area contributed by atoms with Crippen LogP contribution in [0, 0.1) is 0 Å². The number of benzene rings is 1. The van der Waals surface area contributed by atoms with Gasteiger partial charge >= 0.3 is 0 Å². The van der Waals surface area contributed by atoms with Crippen molar-refractivity contribution in [2.24, 2.45) is 0 Å². The van der Waals surface area contributed by atoms with E-state index in [0.717, 1.165) is 30.0 Å². The Kier molecular flexibility index (Phi) is 4.82. The smallest absolute Gasteiger partial charge is 0.165 e. The minimum absolute atomic E-state index is 0.707. The molecule has 0 atom stereocenters. The SMILES string of the molecule is CCCn1cc(Oc2ccc(Cl)cc2CNC)cn1. The van der Waals surface area contributed by atoms with E-state index in [1.165, 1.54) is 0 Å². The van der Waals surface area contributed by atoms with Crippen LogP contribution in [0.2, 0.25) is 5.02 Å². The molecule has 0 fully saturated rings. The highest BCUT2D eigenvalue weighted by atomic mass is 35.5. The maximum atomic E-state index is 6.00. The molecule has 102 valence electrons. The molecule has 1 aromatic heterocycles. The van der Waals surface area contributed by atoms with Crippen LogP contribution in [0.5, 0.6) is 11.5 Å². The van der Waals surface area contributed by atoms with E-state index in [0.29, 0.717) is 11.6 Å². The summed E-state index contributed by atoms with van der Waals surface area (Å²) in [5, 5.41) is 8.06. The van der Waals surface area contributed by atoms with Crippen LogP contribution in [-0.2, 0) is 13.1 Å². The van der Waals surface area contributed by atoms with E-state index >= 15 is 0 Å². The van der Waals surface area contributed by atoms with Crippen molar-refractivity contribution in [3.8, 4) is 11.5 Å². The highest BCUT2D eigenvalue weighted by Crippen LogP contribution is 2.27. The van der Waals surface area contributed by atoms with E-state index in [9.17, 15) is 0 Å². The minimum atomic E-state index is 0.707. The molecule has 0 saturated carbocycles. The first kappa shape index (κ1) is 13.9. The second kappa shape index (κ2) is 6.59. The van der Waals surface area contributed by atoms with Crippen LogP contribution >= 0.6 is 11.6 Å². The van der Waals surface area contributed by atoms with E-state index in [1.54, 1.807) is 6.20 Å². The Bertz CT molecular complexity index is 539. The quantitative estimate of drug-likeness (QED) is 0.880. The summed E-state index contributed by atoms with van der Waals surface area (Å²) in [4.78, 5) is 0. The van der Waals surface area contributed by atoms with Gasteiger partial charge in [0.1, 0.15) is 5.75 Å². The van der Waals surface area contributed by atoms with Crippen LogP contribution in [0.4, 0.5) is 0 Å². The van der Waals surface area contributed by atoms with Crippen molar-refractivity contribution in [1.29, 1.82) is 0 Å². The normalized spacial score (nSPS) is 10.7. The molecule has 0 bridgehead atoms. The lowest BCUT2D eigenvalue weighted by molar-refractivity contribution is 0.472. The first-order chi connectivity index (χ1) is 9.22. The number of ether oxygens (including phenoxy) is 1. The van der Waals surface area contributed by atoms with Crippen molar-refractivity contribution in [2.75, 3.05) is 7.05 Å². The lowest BCUT2D eigenvalue weighted by Gasteiger charge is -2.09. The molecule has 0 aliphatic carbocycles. The standard InChI is InChI=1S/C14H18ClN3O/c1-3-6-18-10-13(9-17-18)19-14-5-4-12(15)7-11(14)8-16-2/h4-5,7,9-10,16H,3,6,8H2,1-2H3. The average Bonchev–Trinajstić information content (AvgIpc) is 2.81. The summed E-state index contributed by atoms with van der Waals surface area (Å²) in [5.74, 6) is 1.54. The van der Waals surface area contributed by atoms with Crippen LogP contribution in [0.25, 0.3) is 0 Å². The molecule has 0 unspecified atom stereocenters. The van der Waals surface area contributed by atoms with Gasteiger partial charge in [0.2, 0.25) is 0 Å². The first-order valence-electron chi connectivity index (χ1n) is 6.36. The Hall–Kier alpha value is -1.52. The zero-order chi connectivity index (χ0) is 13.7. The number of rotatable bonds is 6. The van der Waals surface area contributed by atoms with Crippen LogP contribution in [-0.4, -0.2) is 16.8 Å². The minimum Gasteiger partial charge on any atom is -0.454 e. The fraction of sp³-hybridized carbons (Fsp3) is 0.357. The number of hydrogen-bond donors (Lipinski definition) is 1. The average molecular weight is 280 g/mol. The lowest BCUT2D eigenvalue weighted by Crippen LogP contribution is -2.06. The fourth-order valence-electron chi connectivity index (χ4n) is 1.85. The van der Waals surface area contributed by atoms with Gasteiger partial charge in [-0.3, -0.25) is 4.68 Å². The van der Waals surface area contributed by atoms with Crippen LogP contribution in [0.1, 0.15) is 18.9 Å². The lowest BCUT2D eigenvalue weighted by atomic mass is 10.2. The van der Waals surface area contributed by atoms with E-state index < -0.39 is 0 Å². The Labute approximate surface area is 118 Å². The molecule has 0 aliphatic rings. The predicted molar refractivity (Wildman–Crippen MR) is 76.8 cm³/mol. The topological polar surface area (TPSA) is 39.1 Å². The van der Waals surface area contributed by atoms with Crippen molar-refractivity contribution in [2.45, 2.75) is 26.4 Å². The molecule has 1 heterocycles. The number of aryl methyl sites for hydroxylation is 1. The van der Waals surface area contributed by atoms with Crippen molar-refractivity contribution in [3.63, 3.8) is 0 Å². The Morgan fingerprint density at radius 3 is 3.00 bits per heavy atom. The Morgan fingerprint density at radius 2 is 2.26 bits per heavy atom. The zero-order valence-electron chi connectivity index (χ0n) is 11.2. The molecule has 5 heteroatoms. The largest absolute Gasteiger partial charge is 0.454 e. The summed E-state index contributed by atoms with van der Waals surface area (Å²) in [6, 6.07) is 5.61. The van der Waals surface area contributed by atoms with E-state index in [-0.39, 0.29) is 0 Å². The molecule has 19 heavy (non-hydrogen) atoms. The molecule has 0 spiro atoms. The second-order valence-corrected chi connectivity index (χ2v) is 4.76. The van der Waals surface area contributed by atoms with Gasteiger partial charge in [0, 0.05) is 23.7 Å². The van der Waals surface area contributed by atoms with E-state index in [1.807, 2.05) is 36.1 Å². The predicted octanol–water partition coefficient (Wildman–Crippen LogP) is 3.46. The van der Waals surface area contributed by atoms with Crippen molar-refractivity contribution < 1.29 is 4.74 Å². The third-order valence-corrected chi connectivity index (χ3v) is 2.91. The van der Waals surface area contributed by atoms with Gasteiger partial charge in [0.15, 0.2) is 5.75 Å². The molecular formula is C14H18ClN3O. The summed E-state index contributed by atoms with van der Waals surface area (Å²) >= 11 is 6.00. The molecule has 2 rings (SSSR count). The summed E-state index contributed by atoms with van der Waals surface area (Å²) in [6.07, 6.45) is 4.68. The summed E-state index contributed by atoms with van der Waals surface area (Å²) in [6.45, 7) is 3.72. The summed E-state index contributed by atoms with van der Waals surface area (Å²) in [5.41, 5.74) is 1.03. The zero-order valence-corrected chi connectivity index (χ0v) is 11.9. The Morgan fingerprint density at radius 1 is 1.42 bits per heavy atom. The van der Waals surface area contributed by atoms with E-state index in [4.69, 9.17) is 16.3 Å². The molecule has 0 saturated heterocycles. The van der Waals surface area contributed by atoms with Gasteiger partial charge in [-0.1, -0.05) is 18.5 Å². The molecule has 0 radical (unpaired) electrons. The maximum Gasteiger partial charge on any atom is 0.165 e. The third-order valence-electron chi connectivity index (χ3n) is 2.68. The molecule has 4 nitrogen and oxygen atoms in total. The molecular weight excluding hydrogens is 262 g/mol. The number of hydrogen-bond acceptors (Lipinski definition) is 3. The van der Waals surface area contributed by atoms with Crippen molar-refractivity contribution in [1.82, 2.24) is 15.1 Å². The third kappa shape index (κ3) is 3.72. The maximum absolute atomic E-state index is 6.00. The first-order valence-corrected chi connectivity index (χ1v) is 6.74. The monoisotopic (exact) mass is 279 g/mol. The second-order valence-electron chi connectivity index (χ2n) is 4.32. The van der Waals surface area contributed by atoms with Gasteiger partial charge in [-0.15, -0.1) is 0 Å². The fourth-order valence-corrected chi connectivity index (χ4v) is 2.05. The summed E-state index contributed by atoms with van der Waals surface area (Å²) in [7, 11) is 1.89. The molecule has 2 aromatic rings. The van der Waals surface area contributed by atoms with Gasteiger partial charge < -0.3 is 10.1 Å². The van der Waals surface area contributed by atoms with Crippen LogP contribution in [0.15, 0.2) is 30.6 Å². The molecule has 0 aliphatic heterocycles.